The average Bonchev–Trinajstić information content (AvgIpc) is 3.07. The molecule has 0 unspecified atom stereocenters. The lowest BCUT2D eigenvalue weighted by molar-refractivity contribution is 0.394. The zero-order valence-electron chi connectivity index (χ0n) is 15.7. The van der Waals surface area contributed by atoms with Crippen molar-refractivity contribution in [3.8, 4) is 11.4 Å². The van der Waals surface area contributed by atoms with Crippen molar-refractivity contribution in [1.82, 2.24) is 14.9 Å². The molecule has 0 amide bonds. The van der Waals surface area contributed by atoms with E-state index in [0.717, 1.165) is 11.3 Å². The van der Waals surface area contributed by atoms with Gasteiger partial charge in [0.05, 0.1) is 4.90 Å². The van der Waals surface area contributed by atoms with Crippen LogP contribution < -0.4 is 9.62 Å². The lowest BCUT2D eigenvalue weighted by Crippen LogP contribution is -2.24. The molecule has 0 fully saturated rings. The van der Waals surface area contributed by atoms with Crippen molar-refractivity contribution in [2.24, 2.45) is 0 Å². The molecular weight excluding hydrogens is 364 g/mol. The van der Waals surface area contributed by atoms with Gasteiger partial charge in [0.15, 0.2) is 0 Å². The Morgan fingerprint density at radius 2 is 1.78 bits per heavy atom. The second-order valence-corrected chi connectivity index (χ2v) is 8.24. The summed E-state index contributed by atoms with van der Waals surface area (Å²) < 4.78 is 33.2. The van der Waals surface area contributed by atoms with Crippen molar-refractivity contribution >= 4 is 15.7 Å². The van der Waals surface area contributed by atoms with Crippen LogP contribution in [0.3, 0.4) is 0 Å². The summed E-state index contributed by atoms with van der Waals surface area (Å²) >= 11 is 0. The highest BCUT2D eigenvalue weighted by Gasteiger charge is 2.19. The third-order valence-corrected chi connectivity index (χ3v) is 5.73. The highest BCUT2D eigenvalue weighted by molar-refractivity contribution is 7.89. The Bertz CT molecular complexity index is 1040. The maximum absolute atomic E-state index is 12.8. The second kappa shape index (κ2) is 7.50. The molecule has 8 heteroatoms. The molecule has 142 valence electrons. The number of aryl methyl sites for hydroxylation is 2. The Hall–Kier alpha value is -2.71. The van der Waals surface area contributed by atoms with Crippen LogP contribution in [0.4, 0.5) is 5.69 Å². The van der Waals surface area contributed by atoms with E-state index in [9.17, 15) is 8.42 Å². The Morgan fingerprint density at radius 3 is 2.37 bits per heavy atom. The van der Waals surface area contributed by atoms with Crippen molar-refractivity contribution < 1.29 is 12.9 Å². The first-order chi connectivity index (χ1) is 12.8. The van der Waals surface area contributed by atoms with Crippen molar-refractivity contribution in [3.63, 3.8) is 0 Å². The van der Waals surface area contributed by atoms with Crippen LogP contribution in [0.15, 0.2) is 51.9 Å². The first-order valence-corrected chi connectivity index (χ1v) is 9.92. The molecule has 0 saturated heterocycles. The quantitative estimate of drug-likeness (QED) is 0.701. The minimum Gasteiger partial charge on any atom is -0.378 e. The Balaban J connectivity index is 1.81. The van der Waals surface area contributed by atoms with Gasteiger partial charge in [0.25, 0.3) is 0 Å². The van der Waals surface area contributed by atoms with E-state index in [-0.39, 0.29) is 11.4 Å². The van der Waals surface area contributed by atoms with Crippen LogP contribution in [-0.2, 0) is 16.6 Å². The van der Waals surface area contributed by atoms with Crippen LogP contribution in [0, 0.1) is 13.8 Å². The third-order valence-electron chi connectivity index (χ3n) is 4.18. The van der Waals surface area contributed by atoms with Crippen LogP contribution in [0.2, 0.25) is 0 Å². The highest BCUT2D eigenvalue weighted by atomic mass is 32.2. The van der Waals surface area contributed by atoms with Gasteiger partial charge in [0.2, 0.25) is 21.7 Å². The zero-order chi connectivity index (χ0) is 19.6. The first kappa shape index (κ1) is 19.1. The zero-order valence-corrected chi connectivity index (χ0v) is 16.5. The summed E-state index contributed by atoms with van der Waals surface area (Å²) in [5.74, 6) is 0.789. The average molecular weight is 386 g/mol. The predicted molar refractivity (Wildman–Crippen MR) is 104 cm³/mol. The predicted octanol–water partition coefficient (Wildman–Crippen LogP) is 2.90. The van der Waals surface area contributed by atoms with Crippen LogP contribution in [0.25, 0.3) is 11.4 Å². The van der Waals surface area contributed by atoms with Gasteiger partial charge in [-0.2, -0.15) is 4.98 Å². The number of nitrogens with one attached hydrogen (secondary N) is 1. The van der Waals surface area contributed by atoms with E-state index < -0.39 is 10.0 Å². The summed E-state index contributed by atoms with van der Waals surface area (Å²) in [6.45, 7) is 3.65. The summed E-state index contributed by atoms with van der Waals surface area (Å²) in [4.78, 5) is 6.34. The second-order valence-electron chi connectivity index (χ2n) is 6.50. The van der Waals surface area contributed by atoms with Crippen LogP contribution in [0.1, 0.15) is 17.0 Å². The first-order valence-electron chi connectivity index (χ1n) is 8.43. The van der Waals surface area contributed by atoms with Crippen molar-refractivity contribution in [3.05, 3.63) is 59.5 Å². The lowest BCUT2D eigenvalue weighted by Gasteiger charge is -2.13. The number of benzene rings is 2. The van der Waals surface area contributed by atoms with Gasteiger partial charge in [-0.1, -0.05) is 29.4 Å². The molecule has 7 nitrogen and oxygen atoms in total. The van der Waals surface area contributed by atoms with Gasteiger partial charge in [-0.15, -0.1) is 0 Å². The number of hydrogen-bond donors (Lipinski definition) is 1. The van der Waals surface area contributed by atoms with E-state index in [1.807, 2.05) is 43.3 Å². The minimum atomic E-state index is -3.69. The van der Waals surface area contributed by atoms with E-state index in [1.54, 1.807) is 32.0 Å². The summed E-state index contributed by atoms with van der Waals surface area (Å²) in [6, 6.07) is 12.8. The van der Waals surface area contributed by atoms with E-state index >= 15 is 0 Å². The smallest absolute Gasteiger partial charge is 0.241 e. The molecule has 0 atom stereocenters. The van der Waals surface area contributed by atoms with Crippen molar-refractivity contribution in [2.45, 2.75) is 25.3 Å². The van der Waals surface area contributed by atoms with Gasteiger partial charge in [-0.3, -0.25) is 0 Å². The molecule has 1 aromatic heterocycles. The Labute approximate surface area is 159 Å². The van der Waals surface area contributed by atoms with Gasteiger partial charge in [0.1, 0.15) is 0 Å². The molecule has 3 aromatic rings. The monoisotopic (exact) mass is 386 g/mol. The fraction of sp³-hybridized carbons (Fsp3) is 0.263. The van der Waals surface area contributed by atoms with E-state index in [4.69, 9.17) is 4.52 Å². The number of aromatic nitrogens is 2. The van der Waals surface area contributed by atoms with Gasteiger partial charge in [-0.05, 0) is 36.2 Å². The molecule has 0 spiro atoms. The maximum Gasteiger partial charge on any atom is 0.241 e. The lowest BCUT2D eigenvalue weighted by atomic mass is 10.1. The van der Waals surface area contributed by atoms with Crippen molar-refractivity contribution in [1.29, 1.82) is 0 Å². The highest BCUT2D eigenvalue weighted by Crippen LogP contribution is 2.23. The SMILES string of the molecule is Cc1nc(-c2ccc(C)c(S(=O)(=O)NCc3ccc(N(C)C)cc3)c2)no1. The molecule has 3 rings (SSSR count). The number of sulfonamides is 1. The number of nitrogens with zero attached hydrogens (tertiary/aromatic N) is 3. The summed E-state index contributed by atoms with van der Waals surface area (Å²) in [5.41, 5.74) is 3.18. The fourth-order valence-corrected chi connectivity index (χ4v) is 3.90. The molecule has 2 aromatic carbocycles. The van der Waals surface area contributed by atoms with E-state index in [2.05, 4.69) is 14.9 Å². The number of anilines is 1. The molecule has 27 heavy (non-hydrogen) atoms. The normalized spacial score (nSPS) is 11.6. The minimum absolute atomic E-state index is 0.201. The standard InChI is InChI=1S/C19H22N4O3S/c1-13-5-8-16(19-21-14(2)26-22-19)11-18(13)27(24,25)20-12-15-6-9-17(10-7-15)23(3)4/h5-11,20H,12H2,1-4H3. The van der Waals surface area contributed by atoms with Gasteiger partial charge in [0, 0.05) is 38.8 Å². The molecule has 0 aliphatic rings. The Morgan fingerprint density at radius 1 is 1.07 bits per heavy atom. The number of rotatable bonds is 6. The van der Waals surface area contributed by atoms with Gasteiger partial charge >= 0.3 is 0 Å². The summed E-state index contributed by atoms with van der Waals surface area (Å²) in [7, 11) is 0.228. The largest absolute Gasteiger partial charge is 0.378 e. The molecule has 0 saturated carbocycles. The molecule has 0 aliphatic carbocycles. The van der Waals surface area contributed by atoms with E-state index in [0.29, 0.717) is 22.8 Å². The third kappa shape index (κ3) is 4.35. The number of hydrogen-bond acceptors (Lipinski definition) is 6. The van der Waals surface area contributed by atoms with Gasteiger partial charge in [-0.25, -0.2) is 13.1 Å². The van der Waals surface area contributed by atoms with Crippen LogP contribution in [-0.4, -0.2) is 32.7 Å². The van der Waals surface area contributed by atoms with Crippen LogP contribution in [0.5, 0.6) is 0 Å². The van der Waals surface area contributed by atoms with E-state index in [1.165, 1.54) is 0 Å². The maximum atomic E-state index is 12.8. The molecule has 1 heterocycles. The molecule has 1 N–H and O–H groups in total. The molecule has 0 bridgehead atoms. The Kier molecular flexibility index (Phi) is 5.29. The summed E-state index contributed by atoms with van der Waals surface area (Å²) in [5, 5.41) is 3.85. The van der Waals surface area contributed by atoms with Gasteiger partial charge < -0.3 is 9.42 Å². The molecular formula is C19H22N4O3S. The van der Waals surface area contributed by atoms with Crippen LogP contribution >= 0.6 is 0 Å². The summed E-state index contributed by atoms with van der Waals surface area (Å²) in [6.07, 6.45) is 0. The molecule has 0 radical (unpaired) electrons. The molecule has 0 aliphatic heterocycles. The fourth-order valence-electron chi connectivity index (χ4n) is 2.61. The van der Waals surface area contributed by atoms with Crippen molar-refractivity contribution in [2.75, 3.05) is 19.0 Å². The topological polar surface area (TPSA) is 88.3 Å².